The average Bonchev–Trinajstić information content (AvgIpc) is 2.90. The van der Waals surface area contributed by atoms with Crippen LogP contribution >= 0.6 is 0 Å². The molecule has 118 valence electrons. The first kappa shape index (κ1) is 16.2. The summed E-state index contributed by atoms with van der Waals surface area (Å²) in [5.41, 5.74) is 5.36. The second-order valence-corrected chi connectivity index (χ2v) is 7.06. The fourth-order valence-corrected chi connectivity index (χ4v) is 3.87. The normalized spacial score (nSPS) is 22.7. The highest BCUT2D eigenvalue weighted by atomic mass is 32.2. The number of likely N-dealkylation sites (N-methyl/N-ethyl adjacent to an activating group) is 1. The van der Waals surface area contributed by atoms with Crippen molar-refractivity contribution in [2.45, 2.75) is 30.4 Å². The van der Waals surface area contributed by atoms with Crippen molar-refractivity contribution >= 4 is 10.0 Å². The van der Waals surface area contributed by atoms with E-state index in [1.165, 1.54) is 4.31 Å². The van der Waals surface area contributed by atoms with Crippen LogP contribution in [0, 0.1) is 0 Å². The third-order valence-corrected chi connectivity index (χ3v) is 5.59. The summed E-state index contributed by atoms with van der Waals surface area (Å²) in [4.78, 5) is 0.254. The summed E-state index contributed by atoms with van der Waals surface area (Å²) in [7, 11) is -1.92. The van der Waals surface area contributed by atoms with Crippen LogP contribution in [-0.4, -0.2) is 51.7 Å². The Bertz CT molecular complexity index is 559. The summed E-state index contributed by atoms with van der Waals surface area (Å²) >= 11 is 0. The molecule has 1 heterocycles. The maximum atomic E-state index is 12.6. The van der Waals surface area contributed by atoms with Crippen LogP contribution in [0.2, 0.25) is 0 Å². The van der Waals surface area contributed by atoms with Crippen LogP contribution in [0.4, 0.5) is 0 Å². The molecule has 2 N–H and O–H groups in total. The zero-order valence-electron chi connectivity index (χ0n) is 12.4. The quantitative estimate of drug-likeness (QED) is 0.841. The molecule has 2 unspecified atom stereocenters. The van der Waals surface area contributed by atoms with Crippen LogP contribution < -0.4 is 10.5 Å². The summed E-state index contributed by atoms with van der Waals surface area (Å²) < 4.78 is 37.4. The van der Waals surface area contributed by atoms with E-state index in [0.717, 1.165) is 0 Å². The molecule has 1 aromatic carbocycles. The Balaban J connectivity index is 2.15. The van der Waals surface area contributed by atoms with E-state index in [4.69, 9.17) is 15.2 Å². The van der Waals surface area contributed by atoms with Gasteiger partial charge in [0.2, 0.25) is 10.0 Å². The SMILES string of the molecule is CC1OCCC1N(C)S(=O)(=O)c1ccc(OCCN)cc1. The predicted octanol–water partition coefficient (Wildman–Crippen LogP) is 0.822. The van der Waals surface area contributed by atoms with Crippen molar-refractivity contribution < 1.29 is 17.9 Å². The molecule has 21 heavy (non-hydrogen) atoms. The number of nitrogens with two attached hydrogens (primary N) is 1. The molecule has 0 saturated carbocycles. The molecule has 0 bridgehead atoms. The highest BCUT2D eigenvalue weighted by Crippen LogP contribution is 2.25. The van der Waals surface area contributed by atoms with Gasteiger partial charge in [-0.2, -0.15) is 4.31 Å². The number of ether oxygens (including phenoxy) is 2. The summed E-state index contributed by atoms with van der Waals surface area (Å²) in [6, 6.07) is 6.27. The van der Waals surface area contributed by atoms with Crippen molar-refractivity contribution in [3.05, 3.63) is 24.3 Å². The smallest absolute Gasteiger partial charge is 0.243 e. The molecule has 0 radical (unpaired) electrons. The van der Waals surface area contributed by atoms with Crippen molar-refractivity contribution in [1.82, 2.24) is 4.31 Å². The molecular weight excluding hydrogens is 292 g/mol. The van der Waals surface area contributed by atoms with Gasteiger partial charge in [0, 0.05) is 20.2 Å². The Kier molecular flexibility index (Phi) is 5.21. The van der Waals surface area contributed by atoms with E-state index < -0.39 is 10.0 Å². The van der Waals surface area contributed by atoms with E-state index in [2.05, 4.69) is 0 Å². The van der Waals surface area contributed by atoms with Crippen LogP contribution in [-0.2, 0) is 14.8 Å². The number of benzene rings is 1. The van der Waals surface area contributed by atoms with Gasteiger partial charge in [-0.05, 0) is 37.6 Å². The third-order valence-electron chi connectivity index (χ3n) is 3.69. The number of rotatable bonds is 6. The second kappa shape index (κ2) is 6.74. The minimum atomic E-state index is -3.52. The van der Waals surface area contributed by atoms with Gasteiger partial charge in [0.05, 0.1) is 17.0 Å². The van der Waals surface area contributed by atoms with E-state index >= 15 is 0 Å². The van der Waals surface area contributed by atoms with E-state index in [-0.39, 0.29) is 17.0 Å². The third kappa shape index (κ3) is 3.55. The second-order valence-electron chi connectivity index (χ2n) is 5.06. The lowest BCUT2D eigenvalue weighted by Crippen LogP contribution is -2.40. The molecule has 1 aliphatic heterocycles. The van der Waals surface area contributed by atoms with Crippen LogP contribution in [0.5, 0.6) is 5.75 Å². The van der Waals surface area contributed by atoms with Gasteiger partial charge < -0.3 is 15.2 Å². The van der Waals surface area contributed by atoms with Gasteiger partial charge in [-0.1, -0.05) is 0 Å². The number of sulfonamides is 1. The number of hydrogen-bond donors (Lipinski definition) is 1. The van der Waals surface area contributed by atoms with Gasteiger partial charge in [0.25, 0.3) is 0 Å². The van der Waals surface area contributed by atoms with Crippen molar-refractivity contribution in [1.29, 1.82) is 0 Å². The highest BCUT2D eigenvalue weighted by molar-refractivity contribution is 7.89. The molecule has 1 saturated heterocycles. The molecule has 1 aromatic rings. The fourth-order valence-electron chi connectivity index (χ4n) is 2.43. The maximum Gasteiger partial charge on any atom is 0.243 e. The number of nitrogens with zero attached hydrogens (tertiary/aromatic N) is 1. The van der Waals surface area contributed by atoms with Gasteiger partial charge in [-0.15, -0.1) is 0 Å². The van der Waals surface area contributed by atoms with Gasteiger partial charge in [-0.25, -0.2) is 8.42 Å². The van der Waals surface area contributed by atoms with Gasteiger partial charge >= 0.3 is 0 Å². The molecule has 0 spiro atoms. The van der Waals surface area contributed by atoms with E-state index in [1.54, 1.807) is 31.3 Å². The zero-order valence-corrected chi connectivity index (χ0v) is 13.2. The molecule has 2 rings (SSSR count). The minimum Gasteiger partial charge on any atom is -0.492 e. The first-order valence-corrected chi connectivity index (χ1v) is 8.43. The molecule has 0 aliphatic carbocycles. The van der Waals surface area contributed by atoms with E-state index in [9.17, 15) is 8.42 Å². The topological polar surface area (TPSA) is 81.9 Å². The summed E-state index contributed by atoms with van der Waals surface area (Å²) in [6.45, 7) is 3.32. The number of hydrogen-bond acceptors (Lipinski definition) is 5. The molecule has 0 aromatic heterocycles. The lowest BCUT2D eigenvalue weighted by molar-refractivity contribution is 0.102. The molecule has 1 aliphatic rings. The molecule has 6 nitrogen and oxygen atoms in total. The Morgan fingerprint density at radius 2 is 2.05 bits per heavy atom. The Labute approximate surface area is 125 Å². The van der Waals surface area contributed by atoms with Crippen LogP contribution in [0.3, 0.4) is 0 Å². The van der Waals surface area contributed by atoms with Crippen LogP contribution in [0.1, 0.15) is 13.3 Å². The summed E-state index contributed by atoms with van der Waals surface area (Å²) in [5, 5.41) is 0. The van der Waals surface area contributed by atoms with Crippen molar-refractivity contribution in [3.8, 4) is 5.75 Å². The zero-order chi connectivity index (χ0) is 15.5. The Morgan fingerprint density at radius 1 is 1.38 bits per heavy atom. The van der Waals surface area contributed by atoms with E-state index in [1.807, 2.05) is 6.92 Å². The van der Waals surface area contributed by atoms with Crippen molar-refractivity contribution in [2.24, 2.45) is 5.73 Å². The highest BCUT2D eigenvalue weighted by Gasteiger charge is 2.35. The molecule has 2 atom stereocenters. The monoisotopic (exact) mass is 314 g/mol. The summed E-state index contributed by atoms with van der Waals surface area (Å²) in [5.74, 6) is 0.611. The molecule has 0 amide bonds. The standard InChI is InChI=1S/C14H22N2O4S/c1-11-14(7-9-19-11)16(2)21(17,18)13-5-3-12(4-6-13)20-10-8-15/h3-6,11,14H,7-10,15H2,1-2H3. The van der Waals surface area contributed by atoms with Gasteiger partial charge in [0.15, 0.2) is 0 Å². The first-order valence-electron chi connectivity index (χ1n) is 6.99. The van der Waals surface area contributed by atoms with Crippen molar-refractivity contribution in [3.63, 3.8) is 0 Å². The minimum absolute atomic E-state index is 0.0862. The molecule has 7 heteroatoms. The van der Waals surface area contributed by atoms with E-state index in [0.29, 0.717) is 31.9 Å². The lowest BCUT2D eigenvalue weighted by Gasteiger charge is -2.26. The maximum absolute atomic E-state index is 12.6. The van der Waals surface area contributed by atoms with Crippen LogP contribution in [0.15, 0.2) is 29.2 Å². The molecular formula is C14H22N2O4S. The van der Waals surface area contributed by atoms with Gasteiger partial charge in [-0.3, -0.25) is 0 Å². The van der Waals surface area contributed by atoms with Gasteiger partial charge in [0.1, 0.15) is 12.4 Å². The van der Waals surface area contributed by atoms with Crippen molar-refractivity contribution in [2.75, 3.05) is 26.8 Å². The summed E-state index contributed by atoms with van der Waals surface area (Å²) in [6.07, 6.45) is 0.631. The Hall–Kier alpha value is -1.15. The van der Waals surface area contributed by atoms with Crippen LogP contribution in [0.25, 0.3) is 0 Å². The molecule has 1 fully saturated rings. The Morgan fingerprint density at radius 3 is 2.57 bits per heavy atom. The fraction of sp³-hybridized carbons (Fsp3) is 0.571. The average molecular weight is 314 g/mol. The predicted molar refractivity (Wildman–Crippen MR) is 79.8 cm³/mol. The largest absolute Gasteiger partial charge is 0.492 e. The first-order chi connectivity index (χ1) is 9.96. The lowest BCUT2D eigenvalue weighted by atomic mass is 10.2.